The summed E-state index contributed by atoms with van der Waals surface area (Å²) >= 11 is 0.238. The molecule has 0 saturated carbocycles. The van der Waals surface area contributed by atoms with Crippen LogP contribution in [0.3, 0.4) is 0 Å². The van der Waals surface area contributed by atoms with E-state index in [1.807, 2.05) is 12.1 Å². The third-order valence-corrected chi connectivity index (χ3v) is 7.13. The molecule has 2 heterocycles. The second-order valence-electron chi connectivity index (χ2n) is 6.06. The van der Waals surface area contributed by atoms with Crippen molar-refractivity contribution in [2.45, 2.75) is 32.1 Å². The first-order chi connectivity index (χ1) is 11.3. The van der Waals surface area contributed by atoms with Gasteiger partial charge in [0.05, 0.1) is 0 Å². The number of nitrogens with zero attached hydrogens (tertiary/aromatic N) is 1. The third-order valence-electron chi connectivity index (χ3n) is 4.60. The molecule has 0 spiro atoms. The zero-order chi connectivity index (χ0) is 15.8. The van der Waals surface area contributed by atoms with Gasteiger partial charge in [0, 0.05) is 0 Å². The van der Waals surface area contributed by atoms with Crippen LogP contribution in [0.1, 0.15) is 30.5 Å². The summed E-state index contributed by atoms with van der Waals surface area (Å²) in [5.74, 6) is 0.890. The fourth-order valence-electron chi connectivity index (χ4n) is 3.32. The van der Waals surface area contributed by atoms with Crippen molar-refractivity contribution < 1.29 is 4.74 Å². The van der Waals surface area contributed by atoms with E-state index in [2.05, 4.69) is 18.2 Å². The van der Waals surface area contributed by atoms with Crippen molar-refractivity contribution in [2.24, 2.45) is 0 Å². The molecule has 23 heavy (non-hydrogen) atoms. The van der Waals surface area contributed by atoms with Gasteiger partial charge in [0.1, 0.15) is 0 Å². The molecular weight excluding hydrogens is 351 g/mol. The van der Waals surface area contributed by atoms with Gasteiger partial charge in [0.15, 0.2) is 0 Å². The Morgan fingerprint density at radius 1 is 1.09 bits per heavy atom. The molecule has 4 rings (SSSR count). The van der Waals surface area contributed by atoms with Crippen molar-refractivity contribution in [3.8, 4) is 15.8 Å². The number of aromatic nitrogens is 1. The Morgan fingerprint density at radius 2 is 1.87 bits per heavy atom. The molecule has 1 aromatic carbocycles. The second-order valence-corrected chi connectivity index (χ2v) is 8.27. The Bertz CT molecular complexity index is 852. The van der Waals surface area contributed by atoms with Crippen molar-refractivity contribution in [1.82, 2.24) is 4.98 Å². The molecule has 4 heteroatoms. The van der Waals surface area contributed by atoms with Gasteiger partial charge in [-0.2, -0.15) is 0 Å². The van der Waals surface area contributed by atoms with Crippen LogP contribution in [0.15, 0.2) is 30.3 Å². The molecule has 0 amide bonds. The number of methoxy groups -OCH3 is 1. The first kappa shape index (κ1) is 14.8. The van der Waals surface area contributed by atoms with Crippen LogP contribution in [-0.2, 0) is 12.8 Å². The number of fused-ring (bicyclic) bond motifs is 2. The number of ether oxygens (including phenoxy) is 1. The van der Waals surface area contributed by atoms with Gasteiger partial charge in [-0.05, 0) is 0 Å². The predicted octanol–water partition coefficient (Wildman–Crippen LogP) is 3.82. The van der Waals surface area contributed by atoms with E-state index in [-0.39, 0.29) is 14.5 Å². The van der Waals surface area contributed by atoms with Crippen LogP contribution in [0.2, 0.25) is 0 Å². The van der Waals surface area contributed by atoms with Crippen LogP contribution in [-0.4, -0.2) is 26.6 Å². The summed E-state index contributed by atoms with van der Waals surface area (Å²) in [4.78, 5) is 4.96. The minimum absolute atomic E-state index is 0.238. The molecule has 3 nitrogen and oxygen atoms in total. The van der Waals surface area contributed by atoms with Gasteiger partial charge in [-0.1, -0.05) is 0 Å². The summed E-state index contributed by atoms with van der Waals surface area (Å²) in [6, 6.07) is 10.5. The van der Waals surface area contributed by atoms with Gasteiger partial charge in [0.25, 0.3) is 0 Å². The molecule has 0 atom stereocenters. The van der Waals surface area contributed by atoms with Crippen molar-refractivity contribution in [1.29, 1.82) is 0 Å². The van der Waals surface area contributed by atoms with E-state index in [0.29, 0.717) is 0 Å². The molecule has 0 radical (unpaired) electrons. The van der Waals surface area contributed by atoms with E-state index in [4.69, 9.17) is 15.5 Å². The topological polar surface area (TPSA) is 48.1 Å². The number of pyridine rings is 1. The van der Waals surface area contributed by atoms with Crippen LogP contribution in [0.25, 0.3) is 19.8 Å². The van der Waals surface area contributed by atoms with Crippen molar-refractivity contribution >= 4 is 30.0 Å². The van der Waals surface area contributed by atoms with Gasteiger partial charge < -0.3 is 0 Å². The van der Waals surface area contributed by atoms with E-state index in [1.54, 1.807) is 7.11 Å². The van der Waals surface area contributed by atoms with Crippen molar-refractivity contribution in [2.75, 3.05) is 12.8 Å². The zero-order valence-electron chi connectivity index (χ0n) is 13.3. The summed E-state index contributed by atoms with van der Waals surface area (Å²) in [7, 11) is 1.70. The van der Waals surface area contributed by atoms with Crippen LogP contribution in [0.4, 0.5) is 5.69 Å². The molecule has 0 unspecified atom stereocenters. The summed E-state index contributed by atoms with van der Waals surface area (Å²) in [5, 5.41) is 0. The Hall–Kier alpha value is -1.77. The van der Waals surface area contributed by atoms with E-state index in [9.17, 15) is 0 Å². The number of nitrogen functional groups attached to an aromatic ring is 1. The van der Waals surface area contributed by atoms with E-state index in [0.717, 1.165) is 29.8 Å². The normalized spacial score (nSPS) is 14.5. The maximum absolute atomic E-state index is 6.53. The van der Waals surface area contributed by atoms with Crippen LogP contribution in [0, 0.1) is 0 Å². The summed E-state index contributed by atoms with van der Waals surface area (Å²) < 4.78 is 7.88. The van der Waals surface area contributed by atoms with Gasteiger partial charge in [0.2, 0.25) is 0 Å². The standard InChI is InChI=1S/C19H20N2OSe/c1-22-13-9-7-12(8-10-13)17-11-16-19(23-17)18(20)14-5-3-2-4-6-15(14)21-16/h7-11H,2-6H2,1H3,(H2,20,21). The van der Waals surface area contributed by atoms with E-state index in [1.165, 1.54) is 44.8 Å². The number of aryl methyl sites for hydroxylation is 1. The predicted molar refractivity (Wildman–Crippen MR) is 96.3 cm³/mol. The van der Waals surface area contributed by atoms with E-state index < -0.39 is 0 Å². The zero-order valence-corrected chi connectivity index (χ0v) is 15.0. The summed E-state index contributed by atoms with van der Waals surface area (Å²) in [5.41, 5.74) is 12.5. The van der Waals surface area contributed by atoms with Gasteiger partial charge in [-0.25, -0.2) is 0 Å². The number of benzene rings is 1. The van der Waals surface area contributed by atoms with Gasteiger partial charge in [-0.3, -0.25) is 0 Å². The molecule has 0 fully saturated rings. The second kappa shape index (κ2) is 6.03. The number of hydrogen-bond acceptors (Lipinski definition) is 3. The first-order valence-electron chi connectivity index (χ1n) is 8.11. The fourth-order valence-corrected chi connectivity index (χ4v) is 5.60. The van der Waals surface area contributed by atoms with Gasteiger partial charge in [-0.15, -0.1) is 0 Å². The molecule has 3 aromatic rings. The quantitative estimate of drug-likeness (QED) is 0.550. The Morgan fingerprint density at radius 3 is 2.65 bits per heavy atom. The third kappa shape index (κ3) is 2.66. The summed E-state index contributed by atoms with van der Waals surface area (Å²) in [6.07, 6.45) is 5.93. The first-order valence-corrected chi connectivity index (χ1v) is 9.83. The monoisotopic (exact) mass is 372 g/mol. The SMILES string of the molecule is COc1ccc(-c2cc3nc4c(c(N)c3[se]2)CCCCC4)cc1. The maximum atomic E-state index is 6.53. The number of hydrogen-bond donors (Lipinski definition) is 1. The van der Waals surface area contributed by atoms with Crippen molar-refractivity contribution in [3.63, 3.8) is 0 Å². The Balaban J connectivity index is 1.82. The number of nitrogens with two attached hydrogens (primary N) is 1. The molecule has 2 N–H and O–H groups in total. The number of rotatable bonds is 2. The molecule has 0 bridgehead atoms. The summed E-state index contributed by atoms with van der Waals surface area (Å²) in [6.45, 7) is 0. The van der Waals surface area contributed by atoms with Crippen LogP contribution in [0.5, 0.6) is 5.75 Å². The minimum atomic E-state index is 0.238. The van der Waals surface area contributed by atoms with E-state index >= 15 is 0 Å². The van der Waals surface area contributed by atoms with Crippen molar-refractivity contribution in [3.05, 3.63) is 41.6 Å². The van der Waals surface area contributed by atoms with Crippen LogP contribution >= 0.6 is 0 Å². The Kier molecular flexibility index (Phi) is 3.88. The molecule has 2 aromatic heterocycles. The average Bonchev–Trinajstić information content (AvgIpc) is 2.86. The fraction of sp³-hybridized carbons (Fsp3) is 0.316. The number of anilines is 1. The molecular formula is C19H20N2OSe. The molecule has 0 saturated heterocycles. The average molecular weight is 371 g/mol. The van der Waals surface area contributed by atoms with Gasteiger partial charge >= 0.3 is 142 Å². The molecule has 118 valence electrons. The molecule has 1 aliphatic rings. The Labute approximate surface area is 142 Å². The molecule has 0 aliphatic heterocycles. The molecule has 1 aliphatic carbocycles. The van der Waals surface area contributed by atoms with Crippen LogP contribution < -0.4 is 10.5 Å².